The quantitative estimate of drug-likeness (QED) is 0.827. The van der Waals surface area contributed by atoms with Crippen LogP contribution >= 0.6 is 11.3 Å². The van der Waals surface area contributed by atoms with Gasteiger partial charge >= 0.3 is 0 Å². The number of hydrogen-bond acceptors (Lipinski definition) is 4. The van der Waals surface area contributed by atoms with Crippen LogP contribution in [-0.4, -0.2) is 36.5 Å². The molecule has 1 atom stereocenters. The van der Waals surface area contributed by atoms with Crippen molar-refractivity contribution in [1.82, 2.24) is 10.2 Å². The maximum atomic E-state index is 11.6. The van der Waals surface area contributed by atoms with Crippen molar-refractivity contribution in [2.45, 2.75) is 38.8 Å². The van der Waals surface area contributed by atoms with E-state index in [4.69, 9.17) is 5.73 Å². The summed E-state index contributed by atoms with van der Waals surface area (Å²) in [5, 5.41) is 5.17. The van der Waals surface area contributed by atoms with Crippen LogP contribution in [0.1, 0.15) is 30.2 Å². The van der Waals surface area contributed by atoms with Gasteiger partial charge in [-0.15, -0.1) is 11.3 Å². The predicted octanol–water partition coefficient (Wildman–Crippen LogP) is 1.35. The van der Waals surface area contributed by atoms with Crippen molar-refractivity contribution in [2.75, 3.05) is 19.6 Å². The molecular weight excluding hydrogens is 258 g/mol. The molecule has 1 aliphatic rings. The fourth-order valence-electron chi connectivity index (χ4n) is 2.39. The molecule has 0 aliphatic carbocycles. The van der Waals surface area contributed by atoms with Crippen LogP contribution in [0.3, 0.4) is 0 Å². The summed E-state index contributed by atoms with van der Waals surface area (Å²) >= 11 is 1.86. The molecule has 0 bridgehead atoms. The molecule has 3 N–H and O–H groups in total. The first-order valence-corrected chi connectivity index (χ1v) is 7.84. The molecule has 0 spiro atoms. The molecule has 2 heterocycles. The van der Waals surface area contributed by atoms with Crippen molar-refractivity contribution in [3.05, 3.63) is 21.9 Å². The Hall–Kier alpha value is -0.910. The number of thiophene rings is 1. The lowest BCUT2D eigenvalue weighted by Gasteiger charge is -2.32. The number of carbonyl (C=O) groups excluding carboxylic acids is 1. The predicted molar refractivity (Wildman–Crippen MR) is 79.2 cm³/mol. The van der Waals surface area contributed by atoms with Crippen molar-refractivity contribution in [2.24, 2.45) is 5.73 Å². The van der Waals surface area contributed by atoms with Crippen LogP contribution in [0.4, 0.5) is 0 Å². The Labute approximate surface area is 119 Å². The van der Waals surface area contributed by atoms with Gasteiger partial charge in [0.25, 0.3) is 0 Å². The molecule has 1 aromatic rings. The molecule has 2 rings (SSSR count). The average Bonchev–Trinajstić information content (AvgIpc) is 2.89. The van der Waals surface area contributed by atoms with Gasteiger partial charge in [0.1, 0.15) is 0 Å². The van der Waals surface area contributed by atoms with Crippen LogP contribution in [0.2, 0.25) is 0 Å². The van der Waals surface area contributed by atoms with Crippen LogP contribution < -0.4 is 11.1 Å². The molecule has 0 fully saturated rings. The number of nitrogens with zero attached hydrogens (tertiary/aromatic N) is 1. The molecule has 106 valence electrons. The summed E-state index contributed by atoms with van der Waals surface area (Å²) in [7, 11) is 0. The van der Waals surface area contributed by atoms with Gasteiger partial charge in [-0.3, -0.25) is 9.69 Å². The highest BCUT2D eigenvalue weighted by Gasteiger charge is 2.21. The molecule has 0 radical (unpaired) electrons. The molecule has 0 aromatic carbocycles. The second-order valence-electron chi connectivity index (χ2n) is 5.13. The van der Waals surface area contributed by atoms with E-state index in [0.717, 1.165) is 32.5 Å². The maximum Gasteiger partial charge on any atom is 0.220 e. The van der Waals surface area contributed by atoms with Gasteiger partial charge in [-0.2, -0.15) is 0 Å². The normalized spacial score (nSPS) is 16.9. The second kappa shape index (κ2) is 7.03. The van der Waals surface area contributed by atoms with Crippen LogP contribution in [0.25, 0.3) is 0 Å². The van der Waals surface area contributed by atoms with E-state index in [0.29, 0.717) is 19.0 Å². The summed E-state index contributed by atoms with van der Waals surface area (Å²) < 4.78 is 0. The van der Waals surface area contributed by atoms with E-state index in [-0.39, 0.29) is 5.91 Å². The molecule has 5 heteroatoms. The highest BCUT2D eigenvalue weighted by molar-refractivity contribution is 7.10. The Morgan fingerprint density at radius 2 is 2.47 bits per heavy atom. The third-order valence-electron chi connectivity index (χ3n) is 3.66. The van der Waals surface area contributed by atoms with E-state index in [1.54, 1.807) is 0 Å². The van der Waals surface area contributed by atoms with Crippen molar-refractivity contribution in [3.8, 4) is 0 Å². The van der Waals surface area contributed by atoms with E-state index in [9.17, 15) is 4.79 Å². The van der Waals surface area contributed by atoms with Gasteiger partial charge in [0, 0.05) is 37.0 Å². The lowest BCUT2D eigenvalue weighted by molar-refractivity contribution is -0.121. The SMILES string of the molecule is CC(CNC(=O)CCCN)N1CCc2sccc2C1. The van der Waals surface area contributed by atoms with Gasteiger partial charge in [-0.25, -0.2) is 0 Å². The lowest BCUT2D eigenvalue weighted by Crippen LogP contribution is -2.44. The first kappa shape index (κ1) is 14.5. The minimum Gasteiger partial charge on any atom is -0.355 e. The molecule has 19 heavy (non-hydrogen) atoms. The van der Waals surface area contributed by atoms with Crippen LogP contribution in [0.5, 0.6) is 0 Å². The minimum absolute atomic E-state index is 0.116. The largest absolute Gasteiger partial charge is 0.355 e. The minimum atomic E-state index is 0.116. The molecule has 0 saturated carbocycles. The summed E-state index contributed by atoms with van der Waals surface area (Å²) in [6.45, 7) is 5.59. The lowest BCUT2D eigenvalue weighted by atomic mass is 10.1. The topological polar surface area (TPSA) is 58.4 Å². The summed E-state index contributed by atoms with van der Waals surface area (Å²) in [5.41, 5.74) is 6.85. The monoisotopic (exact) mass is 281 g/mol. The van der Waals surface area contributed by atoms with E-state index in [1.165, 1.54) is 10.4 Å². The average molecular weight is 281 g/mol. The smallest absolute Gasteiger partial charge is 0.220 e. The Morgan fingerprint density at radius 3 is 3.26 bits per heavy atom. The van der Waals surface area contributed by atoms with E-state index in [1.807, 2.05) is 11.3 Å². The van der Waals surface area contributed by atoms with Crippen molar-refractivity contribution in [3.63, 3.8) is 0 Å². The second-order valence-corrected chi connectivity index (χ2v) is 6.14. The fraction of sp³-hybridized carbons (Fsp3) is 0.643. The summed E-state index contributed by atoms with van der Waals surface area (Å²) in [4.78, 5) is 15.5. The van der Waals surface area contributed by atoms with Crippen molar-refractivity contribution >= 4 is 17.2 Å². The third-order valence-corrected chi connectivity index (χ3v) is 4.69. The summed E-state index contributed by atoms with van der Waals surface area (Å²) in [6, 6.07) is 2.61. The highest BCUT2D eigenvalue weighted by Crippen LogP contribution is 2.24. The Balaban J connectivity index is 1.75. The van der Waals surface area contributed by atoms with Crippen LogP contribution in [-0.2, 0) is 17.8 Å². The van der Waals surface area contributed by atoms with Gasteiger partial charge < -0.3 is 11.1 Å². The molecule has 1 unspecified atom stereocenters. The molecule has 1 aliphatic heterocycles. The standard InChI is InChI=1S/C14H23N3OS/c1-11(9-16-14(18)3-2-6-15)17-7-4-13-12(10-17)5-8-19-13/h5,8,11H,2-4,6-7,9-10,15H2,1H3,(H,16,18). The van der Waals surface area contributed by atoms with E-state index < -0.39 is 0 Å². The number of fused-ring (bicyclic) bond motifs is 1. The summed E-state index contributed by atoms with van der Waals surface area (Å²) in [5.74, 6) is 0.116. The van der Waals surface area contributed by atoms with E-state index in [2.05, 4.69) is 28.6 Å². The Kier molecular flexibility index (Phi) is 5.36. The van der Waals surface area contributed by atoms with E-state index >= 15 is 0 Å². The van der Waals surface area contributed by atoms with Gasteiger partial charge in [-0.1, -0.05) is 0 Å². The van der Waals surface area contributed by atoms with Gasteiger partial charge in [0.15, 0.2) is 0 Å². The molecule has 0 saturated heterocycles. The highest BCUT2D eigenvalue weighted by atomic mass is 32.1. The Bertz CT molecular complexity index is 419. The van der Waals surface area contributed by atoms with Gasteiger partial charge in [0.05, 0.1) is 0 Å². The summed E-state index contributed by atoms with van der Waals surface area (Å²) in [6.07, 6.45) is 2.44. The number of nitrogens with two attached hydrogens (primary N) is 1. The molecule has 1 amide bonds. The molecular formula is C14H23N3OS. The first-order chi connectivity index (χ1) is 9.20. The van der Waals surface area contributed by atoms with Crippen LogP contribution in [0, 0.1) is 0 Å². The number of amides is 1. The number of nitrogens with one attached hydrogen (secondary N) is 1. The van der Waals surface area contributed by atoms with Crippen molar-refractivity contribution in [1.29, 1.82) is 0 Å². The fourth-order valence-corrected chi connectivity index (χ4v) is 3.28. The number of hydrogen-bond donors (Lipinski definition) is 2. The number of rotatable bonds is 6. The first-order valence-electron chi connectivity index (χ1n) is 6.96. The number of carbonyl (C=O) groups is 1. The zero-order valence-electron chi connectivity index (χ0n) is 11.5. The Morgan fingerprint density at radius 1 is 1.63 bits per heavy atom. The zero-order valence-corrected chi connectivity index (χ0v) is 12.3. The molecule has 4 nitrogen and oxygen atoms in total. The van der Waals surface area contributed by atoms with Gasteiger partial charge in [-0.05, 0) is 43.3 Å². The van der Waals surface area contributed by atoms with Gasteiger partial charge in [0.2, 0.25) is 5.91 Å². The van der Waals surface area contributed by atoms with Crippen molar-refractivity contribution < 1.29 is 4.79 Å². The molecule has 1 aromatic heterocycles. The van der Waals surface area contributed by atoms with Crippen LogP contribution in [0.15, 0.2) is 11.4 Å². The zero-order chi connectivity index (χ0) is 13.7. The third kappa shape index (κ3) is 4.03. The maximum absolute atomic E-state index is 11.6.